The standard InChI is InChI=1S/C24H26N4O2/c1-15-11-21(25)19-13-17(5-7-23(19)27-15)29-9-3-4-10-30-18-6-8-24-20(14-18)22(26)12-16(2)28-24/h5-8,11-14H,3-4,9-10H2,1-2H3,(H2,25,27)(H2,26,28). The number of aryl methyl sites for hydroxylation is 2. The minimum atomic E-state index is 0.613. The number of hydrogen-bond acceptors (Lipinski definition) is 6. The molecule has 6 heteroatoms. The number of nitrogen functional groups attached to an aromatic ring is 2. The maximum Gasteiger partial charge on any atom is 0.120 e. The van der Waals surface area contributed by atoms with E-state index in [0.717, 1.165) is 68.9 Å². The highest BCUT2D eigenvalue weighted by molar-refractivity contribution is 5.92. The first kappa shape index (κ1) is 19.8. The van der Waals surface area contributed by atoms with Crippen LogP contribution >= 0.6 is 0 Å². The molecule has 0 aliphatic rings. The molecule has 4 aromatic rings. The van der Waals surface area contributed by atoms with Crippen LogP contribution in [0.25, 0.3) is 21.8 Å². The first-order valence-corrected chi connectivity index (χ1v) is 10.1. The van der Waals surface area contributed by atoms with Crippen molar-refractivity contribution in [1.29, 1.82) is 0 Å². The fourth-order valence-corrected chi connectivity index (χ4v) is 3.50. The largest absolute Gasteiger partial charge is 0.494 e. The minimum Gasteiger partial charge on any atom is -0.494 e. The first-order valence-electron chi connectivity index (χ1n) is 10.1. The molecule has 6 nitrogen and oxygen atoms in total. The fraction of sp³-hybridized carbons (Fsp3) is 0.250. The number of nitrogens with zero attached hydrogens (tertiary/aromatic N) is 2. The van der Waals surface area contributed by atoms with E-state index in [9.17, 15) is 0 Å². The summed E-state index contributed by atoms with van der Waals surface area (Å²) in [5, 5.41) is 1.84. The van der Waals surface area contributed by atoms with Crippen LogP contribution in [0.15, 0.2) is 48.5 Å². The normalized spacial score (nSPS) is 11.1. The molecule has 0 saturated heterocycles. The maximum atomic E-state index is 6.10. The number of fused-ring (bicyclic) bond motifs is 2. The summed E-state index contributed by atoms with van der Waals surface area (Å²) < 4.78 is 11.7. The molecule has 154 valence electrons. The number of unbranched alkanes of at least 4 members (excludes halogenated alkanes) is 1. The lowest BCUT2D eigenvalue weighted by Gasteiger charge is -2.10. The molecule has 2 heterocycles. The Morgan fingerprint density at radius 1 is 0.667 bits per heavy atom. The Balaban J connectivity index is 1.27. The molecule has 0 saturated carbocycles. The van der Waals surface area contributed by atoms with Gasteiger partial charge in [-0.15, -0.1) is 0 Å². The topological polar surface area (TPSA) is 96.3 Å². The Bertz CT molecular complexity index is 1110. The summed E-state index contributed by atoms with van der Waals surface area (Å²) in [5.41, 5.74) is 17.2. The zero-order valence-electron chi connectivity index (χ0n) is 17.3. The Morgan fingerprint density at radius 2 is 1.10 bits per heavy atom. The van der Waals surface area contributed by atoms with E-state index in [1.807, 2.05) is 62.4 Å². The average Bonchev–Trinajstić information content (AvgIpc) is 2.71. The number of benzene rings is 2. The van der Waals surface area contributed by atoms with Crippen LogP contribution in [0.3, 0.4) is 0 Å². The van der Waals surface area contributed by atoms with Crippen molar-refractivity contribution >= 4 is 33.2 Å². The van der Waals surface area contributed by atoms with Crippen molar-refractivity contribution in [1.82, 2.24) is 9.97 Å². The van der Waals surface area contributed by atoms with E-state index in [-0.39, 0.29) is 0 Å². The van der Waals surface area contributed by atoms with Gasteiger partial charge in [0.25, 0.3) is 0 Å². The maximum absolute atomic E-state index is 6.10. The molecule has 0 radical (unpaired) electrons. The molecule has 0 aliphatic carbocycles. The molecule has 0 atom stereocenters. The van der Waals surface area contributed by atoms with E-state index >= 15 is 0 Å². The Morgan fingerprint density at radius 3 is 1.53 bits per heavy atom. The van der Waals surface area contributed by atoms with Crippen molar-refractivity contribution in [3.63, 3.8) is 0 Å². The van der Waals surface area contributed by atoms with Crippen LogP contribution in [0.2, 0.25) is 0 Å². The number of ether oxygens (including phenoxy) is 2. The molecule has 0 aliphatic heterocycles. The summed E-state index contributed by atoms with van der Waals surface area (Å²) in [6.07, 6.45) is 1.77. The molecule has 0 bridgehead atoms. The van der Waals surface area contributed by atoms with Gasteiger partial charge in [-0.05, 0) is 75.2 Å². The van der Waals surface area contributed by atoms with Crippen molar-refractivity contribution in [2.24, 2.45) is 0 Å². The van der Waals surface area contributed by atoms with Gasteiger partial charge in [-0.1, -0.05) is 0 Å². The first-order chi connectivity index (χ1) is 14.5. The van der Waals surface area contributed by atoms with Gasteiger partial charge in [-0.3, -0.25) is 9.97 Å². The quantitative estimate of drug-likeness (QED) is 0.431. The highest BCUT2D eigenvalue weighted by atomic mass is 16.5. The Hall–Kier alpha value is -3.54. The molecule has 2 aromatic carbocycles. The van der Waals surface area contributed by atoms with Crippen molar-refractivity contribution in [2.45, 2.75) is 26.7 Å². The predicted molar refractivity (Wildman–Crippen MR) is 122 cm³/mol. The van der Waals surface area contributed by atoms with Crippen LogP contribution in [0.1, 0.15) is 24.2 Å². The van der Waals surface area contributed by atoms with E-state index in [1.165, 1.54) is 0 Å². The molecule has 4 N–H and O–H groups in total. The minimum absolute atomic E-state index is 0.613. The summed E-state index contributed by atoms with van der Waals surface area (Å²) in [6, 6.07) is 15.4. The van der Waals surface area contributed by atoms with Crippen LogP contribution in [-0.4, -0.2) is 23.2 Å². The lowest BCUT2D eigenvalue weighted by atomic mass is 10.1. The van der Waals surface area contributed by atoms with Gasteiger partial charge in [-0.25, -0.2) is 0 Å². The summed E-state index contributed by atoms with van der Waals surface area (Å²) in [6.45, 7) is 5.10. The Kier molecular flexibility index (Phi) is 5.57. The second-order valence-electron chi connectivity index (χ2n) is 7.47. The third-order valence-corrected chi connectivity index (χ3v) is 4.96. The molecular weight excluding hydrogens is 376 g/mol. The number of aromatic nitrogens is 2. The van der Waals surface area contributed by atoms with Gasteiger partial charge in [0.2, 0.25) is 0 Å². The van der Waals surface area contributed by atoms with Gasteiger partial charge in [0.1, 0.15) is 11.5 Å². The highest BCUT2D eigenvalue weighted by Crippen LogP contribution is 2.26. The smallest absolute Gasteiger partial charge is 0.120 e. The predicted octanol–water partition coefficient (Wildman–Crippen LogP) is 4.80. The van der Waals surface area contributed by atoms with Crippen LogP contribution in [0.5, 0.6) is 11.5 Å². The van der Waals surface area contributed by atoms with Crippen molar-refractivity contribution in [3.8, 4) is 11.5 Å². The number of nitrogens with two attached hydrogens (primary N) is 2. The molecule has 0 amide bonds. The zero-order chi connectivity index (χ0) is 21.1. The van der Waals surface area contributed by atoms with Crippen LogP contribution in [0, 0.1) is 13.8 Å². The second kappa shape index (κ2) is 8.45. The van der Waals surface area contributed by atoms with Crippen LogP contribution < -0.4 is 20.9 Å². The fourth-order valence-electron chi connectivity index (χ4n) is 3.50. The third-order valence-electron chi connectivity index (χ3n) is 4.96. The summed E-state index contributed by atoms with van der Waals surface area (Å²) in [4.78, 5) is 8.98. The molecule has 4 rings (SSSR count). The lowest BCUT2D eigenvalue weighted by Crippen LogP contribution is -2.03. The average molecular weight is 402 g/mol. The van der Waals surface area contributed by atoms with E-state index in [2.05, 4.69) is 9.97 Å². The number of anilines is 2. The van der Waals surface area contributed by atoms with Crippen molar-refractivity contribution in [3.05, 3.63) is 59.9 Å². The van der Waals surface area contributed by atoms with Gasteiger partial charge in [0.05, 0.1) is 24.2 Å². The molecule has 30 heavy (non-hydrogen) atoms. The number of pyridine rings is 2. The Labute approximate surface area is 175 Å². The van der Waals surface area contributed by atoms with E-state index in [1.54, 1.807) is 0 Å². The number of hydrogen-bond donors (Lipinski definition) is 2. The summed E-state index contributed by atoms with van der Waals surface area (Å²) in [7, 11) is 0. The molecule has 0 unspecified atom stereocenters. The van der Waals surface area contributed by atoms with E-state index in [4.69, 9.17) is 20.9 Å². The van der Waals surface area contributed by atoms with Crippen molar-refractivity contribution < 1.29 is 9.47 Å². The number of rotatable bonds is 7. The summed E-state index contributed by atoms with van der Waals surface area (Å²) >= 11 is 0. The SMILES string of the molecule is Cc1cc(N)c2cc(OCCCCOc3ccc4nc(C)cc(N)c4c3)ccc2n1. The van der Waals surface area contributed by atoms with E-state index < -0.39 is 0 Å². The lowest BCUT2D eigenvalue weighted by molar-refractivity contribution is 0.267. The van der Waals surface area contributed by atoms with Crippen molar-refractivity contribution in [2.75, 3.05) is 24.7 Å². The van der Waals surface area contributed by atoms with Crippen LogP contribution in [0.4, 0.5) is 11.4 Å². The van der Waals surface area contributed by atoms with Gasteiger partial charge in [0.15, 0.2) is 0 Å². The van der Waals surface area contributed by atoms with Gasteiger partial charge >= 0.3 is 0 Å². The molecule has 2 aromatic heterocycles. The third kappa shape index (κ3) is 4.38. The van der Waals surface area contributed by atoms with Gasteiger partial charge in [-0.2, -0.15) is 0 Å². The molecule has 0 spiro atoms. The monoisotopic (exact) mass is 402 g/mol. The highest BCUT2D eigenvalue weighted by Gasteiger charge is 2.05. The molecular formula is C24H26N4O2. The zero-order valence-corrected chi connectivity index (χ0v) is 17.3. The van der Waals surface area contributed by atoms with E-state index in [0.29, 0.717) is 13.2 Å². The summed E-state index contributed by atoms with van der Waals surface area (Å²) in [5.74, 6) is 1.60. The molecule has 0 fully saturated rings. The van der Waals surface area contributed by atoms with Gasteiger partial charge in [0, 0.05) is 33.5 Å². The van der Waals surface area contributed by atoms with Gasteiger partial charge < -0.3 is 20.9 Å². The van der Waals surface area contributed by atoms with Crippen LogP contribution in [-0.2, 0) is 0 Å². The second-order valence-corrected chi connectivity index (χ2v) is 7.47.